The van der Waals surface area contributed by atoms with Crippen LogP contribution in [-0.2, 0) is 4.74 Å². The van der Waals surface area contributed by atoms with Gasteiger partial charge in [0.1, 0.15) is 0 Å². The number of pyridine rings is 1. The third-order valence-corrected chi connectivity index (χ3v) is 2.82. The van der Waals surface area contributed by atoms with Crippen LogP contribution in [0.5, 0.6) is 0 Å². The minimum Gasteiger partial charge on any atom is -0.385 e. The van der Waals surface area contributed by atoms with E-state index in [2.05, 4.69) is 29.4 Å². The Bertz CT molecular complexity index is 298. The molecule has 0 aliphatic carbocycles. The van der Waals surface area contributed by atoms with Crippen molar-refractivity contribution in [2.75, 3.05) is 20.3 Å². The van der Waals surface area contributed by atoms with E-state index in [9.17, 15) is 0 Å². The van der Waals surface area contributed by atoms with Crippen LogP contribution < -0.4 is 5.32 Å². The zero-order valence-corrected chi connectivity index (χ0v) is 11.2. The van der Waals surface area contributed by atoms with Crippen LogP contribution in [0.25, 0.3) is 0 Å². The topological polar surface area (TPSA) is 34.1 Å². The molecule has 0 spiro atoms. The highest BCUT2D eigenvalue weighted by Crippen LogP contribution is 2.18. The van der Waals surface area contributed by atoms with E-state index in [0.717, 1.165) is 38.1 Å². The maximum Gasteiger partial charge on any atom is 0.0462 e. The molecule has 0 aliphatic heterocycles. The summed E-state index contributed by atoms with van der Waals surface area (Å²) in [7, 11) is 1.75. The number of aryl methyl sites for hydroxylation is 1. The zero-order chi connectivity index (χ0) is 12.5. The summed E-state index contributed by atoms with van der Waals surface area (Å²) in [5.74, 6) is 0. The molecular weight excluding hydrogens is 212 g/mol. The molecule has 3 nitrogen and oxygen atoms in total. The van der Waals surface area contributed by atoms with Gasteiger partial charge in [-0.25, -0.2) is 0 Å². The largest absolute Gasteiger partial charge is 0.385 e. The quantitative estimate of drug-likeness (QED) is 0.705. The molecule has 0 aromatic carbocycles. The summed E-state index contributed by atoms with van der Waals surface area (Å²) in [4.78, 5) is 4.37. The zero-order valence-electron chi connectivity index (χ0n) is 11.2. The van der Waals surface area contributed by atoms with Crippen molar-refractivity contribution in [2.24, 2.45) is 0 Å². The van der Waals surface area contributed by atoms with Gasteiger partial charge in [-0.2, -0.15) is 0 Å². The van der Waals surface area contributed by atoms with Gasteiger partial charge < -0.3 is 10.1 Å². The fourth-order valence-electron chi connectivity index (χ4n) is 1.82. The lowest BCUT2D eigenvalue weighted by Gasteiger charge is -2.18. The van der Waals surface area contributed by atoms with Gasteiger partial charge in [0, 0.05) is 31.6 Å². The molecule has 0 fully saturated rings. The first kappa shape index (κ1) is 14.1. The second kappa shape index (κ2) is 8.20. The Morgan fingerprint density at radius 3 is 2.82 bits per heavy atom. The average molecular weight is 236 g/mol. The SMILES string of the molecule is CCCNC(CCCOC)c1ccc(C)nc1. The number of methoxy groups -OCH3 is 1. The second-order valence-electron chi connectivity index (χ2n) is 4.37. The van der Waals surface area contributed by atoms with Gasteiger partial charge in [-0.15, -0.1) is 0 Å². The van der Waals surface area contributed by atoms with E-state index in [1.54, 1.807) is 7.11 Å². The van der Waals surface area contributed by atoms with Crippen molar-refractivity contribution in [2.45, 2.75) is 39.2 Å². The first-order chi connectivity index (χ1) is 8.27. The minimum absolute atomic E-state index is 0.401. The fourth-order valence-corrected chi connectivity index (χ4v) is 1.82. The normalized spacial score (nSPS) is 12.6. The lowest BCUT2D eigenvalue weighted by molar-refractivity contribution is 0.188. The van der Waals surface area contributed by atoms with Crippen LogP contribution in [0, 0.1) is 6.92 Å². The number of nitrogens with one attached hydrogen (secondary N) is 1. The smallest absolute Gasteiger partial charge is 0.0462 e. The van der Waals surface area contributed by atoms with Crippen LogP contribution in [-0.4, -0.2) is 25.2 Å². The summed E-state index contributed by atoms with van der Waals surface area (Å²) >= 11 is 0. The molecule has 1 heterocycles. The van der Waals surface area contributed by atoms with Crippen molar-refractivity contribution in [3.8, 4) is 0 Å². The number of ether oxygens (including phenoxy) is 1. The molecule has 17 heavy (non-hydrogen) atoms. The molecule has 0 bridgehead atoms. The number of nitrogens with zero attached hydrogens (tertiary/aromatic N) is 1. The molecule has 1 N–H and O–H groups in total. The molecule has 1 unspecified atom stereocenters. The van der Waals surface area contributed by atoms with Gasteiger partial charge in [-0.1, -0.05) is 13.0 Å². The van der Waals surface area contributed by atoms with Gasteiger partial charge in [-0.3, -0.25) is 4.98 Å². The monoisotopic (exact) mass is 236 g/mol. The van der Waals surface area contributed by atoms with E-state index < -0.39 is 0 Å². The standard InChI is InChI=1S/C14H24N2O/c1-4-9-15-14(6-5-10-17-3)13-8-7-12(2)16-11-13/h7-8,11,14-15H,4-6,9-10H2,1-3H3. The molecule has 3 heteroatoms. The summed E-state index contributed by atoms with van der Waals surface area (Å²) in [6.07, 6.45) is 5.31. The third kappa shape index (κ3) is 5.29. The molecular formula is C14H24N2O. The highest BCUT2D eigenvalue weighted by molar-refractivity contribution is 5.17. The summed E-state index contributed by atoms with van der Waals surface area (Å²) < 4.78 is 5.11. The fraction of sp³-hybridized carbons (Fsp3) is 0.643. The Kier molecular flexibility index (Phi) is 6.82. The van der Waals surface area contributed by atoms with Crippen molar-refractivity contribution in [3.63, 3.8) is 0 Å². The van der Waals surface area contributed by atoms with E-state index in [4.69, 9.17) is 4.74 Å². The predicted molar refractivity (Wildman–Crippen MR) is 71.1 cm³/mol. The molecule has 96 valence electrons. The van der Waals surface area contributed by atoms with Gasteiger partial charge >= 0.3 is 0 Å². The predicted octanol–water partition coefficient (Wildman–Crippen LogP) is 2.86. The van der Waals surface area contributed by atoms with Crippen LogP contribution in [0.1, 0.15) is 43.5 Å². The lowest BCUT2D eigenvalue weighted by Crippen LogP contribution is -2.22. The second-order valence-corrected chi connectivity index (χ2v) is 4.37. The molecule has 0 saturated heterocycles. The van der Waals surface area contributed by atoms with E-state index >= 15 is 0 Å². The lowest BCUT2D eigenvalue weighted by atomic mass is 10.0. The molecule has 0 saturated carbocycles. The molecule has 0 aliphatic rings. The van der Waals surface area contributed by atoms with Crippen LogP contribution in [0.15, 0.2) is 18.3 Å². The Morgan fingerprint density at radius 2 is 2.24 bits per heavy atom. The van der Waals surface area contributed by atoms with Crippen LogP contribution in [0.2, 0.25) is 0 Å². The number of aromatic nitrogens is 1. The van der Waals surface area contributed by atoms with E-state index in [-0.39, 0.29) is 0 Å². The van der Waals surface area contributed by atoms with Crippen molar-refractivity contribution in [1.82, 2.24) is 10.3 Å². The summed E-state index contributed by atoms with van der Waals surface area (Å²) in [5, 5.41) is 3.57. The molecule has 1 aromatic heterocycles. The molecule has 0 amide bonds. The average Bonchev–Trinajstić information content (AvgIpc) is 2.35. The Labute approximate surface area is 105 Å². The highest BCUT2D eigenvalue weighted by Gasteiger charge is 2.10. The van der Waals surface area contributed by atoms with Gasteiger partial charge in [0.05, 0.1) is 0 Å². The van der Waals surface area contributed by atoms with Gasteiger partial charge in [0.15, 0.2) is 0 Å². The van der Waals surface area contributed by atoms with Crippen LogP contribution >= 0.6 is 0 Å². The molecule has 1 atom stereocenters. The minimum atomic E-state index is 0.401. The molecule has 0 radical (unpaired) electrons. The van der Waals surface area contributed by atoms with E-state index in [1.807, 2.05) is 13.1 Å². The Balaban J connectivity index is 2.57. The van der Waals surface area contributed by atoms with Crippen LogP contribution in [0.3, 0.4) is 0 Å². The Morgan fingerprint density at radius 1 is 1.41 bits per heavy atom. The van der Waals surface area contributed by atoms with Crippen molar-refractivity contribution in [3.05, 3.63) is 29.6 Å². The third-order valence-electron chi connectivity index (χ3n) is 2.82. The van der Waals surface area contributed by atoms with Gasteiger partial charge in [0.2, 0.25) is 0 Å². The summed E-state index contributed by atoms with van der Waals surface area (Å²) in [5.41, 5.74) is 2.35. The first-order valence-electron chi connectivity index (χ1n) is 6.42. The van der Waals surface area contributed by atoms with E-state index in [0.29, 0.717) is 6.04 Å². The van der Waals surface area contributed by atoms with Gasteiger partial charge in [-0.05, 0) is 44.4 Å². The maximum absolute atomic E-state index is 5.11. The number of hydrogen-bond acceptors (Lipinski definition) is 3. The van der Waals surface area contributed by atoms with Gasteiger partial charge in [0.25, 0.3) is 0 Å². The number of rotatable bonds is 8. The molecule has 1 rings (SSSR count). The van der Waals surface area contributed by atoms with Crippen LogP contribution in [0.4, 0.5) is 0 Å². The number of hydrogen-bond donors (Lipinski definition) is 1. The van der Waals surface area contributed by atoms with Crippen molar-refractivity contribution < 1.29 is 4.74 Å². The molecule has 1 aromatic rings. The Hall–Kier alpha value is -0.930. The highest BCUT2D eigenvalue weighted by atomic mass is 16.5. The van der Waals surface area contributed by atoms with Crippen molar-refractivity contribution >= 4 is 0 Å². The van der Waals surface area contributed by atoms with Crippen molar-refractivity contribution in [1.29, 1.82) is 0 Å². The maximum atomic E-state index is 5.11. The first-order valence-corrected chi connectivity index (χ1v) is 6.42. The van der Waals surface area contributed by atoms with E-state index in [1.165, 1.54) is 5.56 Å². The summed E-state index contributed by atoms with van der Waals surface area (Å²) in [6.45, 7) is 6.07. The summed E-state index contributed by atoms with van der Waals surface area (Å²) in [6, 6.07) is 4.65.